The molecule has 0 spiro atoms. The highest BCUT2D eigenvalue weighted by Gasteiger charge is 2.33. The van der Waals surface area contributed by atoms with Crippen LogP contribution in [0, 0.1) is 17.3 Å². The molecule has 0 saturated heterocycles. The summed E-state index contributed by atoms with van der Waals surface area (Å²) in [5.41, 5.74) is 6.23. The van der Waals surface area contributed by atoms with Crippen LogP contribution in [0.2, 0.25) is 0 Å². The third kappa shape index (κ3) is 5.38. The Morgan fingerprint density at radius 1 is 1.29 bits per heavy atom. The molecule has 1 fully saturated rings. The lowest BCUT2D eigenvalue weighted by Crippen LogP contribution is -2.34. The Morgan fingerprint density at radius 2 is 1.94 bits per heavy atom. The highest BCUT2D eigenvalue weighted by atomic mass is 32.2. The van der Waals surface area contributed by atoms with Crippen LogP contribution < -0.4 is 5.73 Å². The molecule has 0 aliphatic heterocycles. The summed E-state index contributed by atoms with van der Waals surface area (Å²) < 4.78 is 22.3. The standard InChI is InChI=1S/C13H27NO2S/c1-13(2)7-6-12(10-14)11(9-13)5-4-8-17(3,15)16/h11-12H,4-10,14H2,1-3H3. The van der Waals surface area contributed by atoms with Gasteiger partial charge in [-0.15, -0.1) is 0 Å². The number of hydrogen-bond acceptors (Lipinski definition) is 3. The topological polar surface area (TPSA) is 60.2 Å². The van der Waals surface area contributed by atoms with Crippen LogP contribution >= 0.6 is 0 Å². The summed E-state index contributed by atoms with van der Waals surface area (Å²) >= 11 is 0. The summed E-state index contributed by atoms with van der Waals surface area (Å²) in [5.74, 6) is 1.54. The van der Waals surface area contributed by atoms with Gasteiger partial charge in [-0.1, -0.05) is 13.8 Å². The van der Waals surface area contributed by atoms with Gasteiger partial charge < -0.3 is 5.73 Å². The van der Waals surface area contributed by atoms with Gasteiger partial charge >= 0.3 is 0 Å². The molecule has 0 heterocycles. The van der Waals surface area contributed by atoms with Crippen LogP contribution in [-0.2, 0) is 9.84 Å². The lowest BCUT2D eigenvalue weighted by Gasteiger charge is -2.40. The van der Waals surface area contributed by atoms with Gasteiger partial charge in [0.1, 0.15) is 9.84 Å². The monoisotopic (exact) mass is 261 g/mol. The van der Waals surface area contributed by atoms with Gasteiger partial charge in [-0.2, -0.15) is 0 Å². The van der Waals surface area contributed by atoms with Crippen molar-refractivity contribution in [2.24, 2.45) is 23.0 Å². The Kier molecular flexibility index (Phi) is 5.02. The van der Waals surface area contributed by atoms with Crippen molar-refractivity contribution in [3.8, 4) is 0 Å². The maximum absolute atomic E-state index is 11.1. The van der Waals surface area contributed by atoms with E-state index in [-0.39, 0.29) is 0 Å². The molecule has 2 atom stereocenters. The lowest BCUT2D eigenvalue weighted by atomic mass is 9.66. The summed E-state index contributed by atoms with van der Waals surface area (Å²) in [5, 5.41) is 0. The zero-order chi connectivity index (χ0) is 13.1. The van der Waals surface area contributed by atoms with E-state index in [2.05, 4.69) is 13.8 Å². The normalized spacial score (nSPS) is 29.2. The fourth-order valence-electron chi connectivity index (χ4n) is 3.05. The van der Waals surface area contributed by atoms with Gasteiger partial charge in [0.05, 0.1) is 0 Å². The van der Waals surface area contributed by atoms with Crippen molar-refractivity contribution < 1.29 is 8.42 Å². The number of hydrogen-bond donors (Lipinski definition) is 1. The second kappa shape index (κ2) is 5.70. The van der Waals surface area contributed by atoms with E-state index in [0.717, 1.165) is 19.4 Å². The van der Waals surface area contributed by atoms with Crippen LogP contribution in [0.15, 0.2) is 0 Å². The predicted octanol–water partition coefficient (Wildman–Crippen LogP) is 2.21. The fraction of sp³-hybridized carbons (Fsp3) is 1.00. The Labute approximate surface area is 106 Å². The molecule has 1 saturated carbocycles. The largest absolute Gasteiger partial charge is 0.330 e. The third-order valence-corrected chi connectivity index (χ3v) is 5.10. The van der Waals surface area contributed by atoms with Crippen LogP contribution in [0.5, 0.6) is 0 Å². The van der Waals surface area contributed by atoms with Gasteiger partial charge in [0.2, 0.25) is 0 Å². The quantitative estimate of drug-likeness (QED) is 0.825. The summed E-state index contributed by atoms with van der Waals surface area (Å²) in [4.78, 5) is 0. The number of nitrogens with two attached hydrogens (primary N) is 1. The van der Waals surface area contributed by atoms with Crippen molar-refractivity contribution in [3.63, 3.8) is 0 Å². The maximum Gasteiger partial charge on any atom is 0.147 e. The van der Waals surface area contributed by atoms with Crippen molar-refractivity contribution in [3.05, 3.63) is 0 Å². The van der Waals surface area contributed by atoms with Gasteiger partial charge in [-0.3, -0.25) is 0 Å². The van der Waals surface area contributed by atoms with E-state index >= 15 is 0 Å². The first-order chi connectivity index (χ1) is 7.73. The molecule has 3 nitrogen and oxygen atoms in total. The van der Waals surface area contributed by atoms with Crippen molar-refractivity contribution in [2.45, 2.75) is 46.0 Å². The van der Waals surface area contributed by atoms with Crippen LogP contribution in [-0.4, -0.2) is 27.0 Å². The number of sulfone groups is 1. The molecule has 0 aromatic carbocycles. The van der Waals surface area contributed by atoms with E-state index in [1.165, 1.54) is 25.5 Å². The highest BCUT2D eigenvalue weighted by molar-refractivity contribution is 7.90. The molecule has 2 unspecified atom stereocenters. The molecule has 17 heavy (non-hydrogen) atoms. The van der Waals surface area contributed by atoms with E-state index in [0.29, 0.717) is 23.0 Å². The second-order valence-corrected chi connectivity index (χ2v) is 8.69. The molecule has 1 aliphatic carbocycles. The first-order valence-corrected chi connectivity index (χ1v) is 8.67. The third-order valence-electron chi connectivity index (χ3n) is 4.07. The maximum atomic E-state index is 11.1. The van der Waals surface area contributed by atoms with Crippen LogP contribution in [0.1, 0.15) is 46.0 Å². The van der Waals surface area contributed by atoms with Gasteiger partial charge in [-0.05, 0) is 55.9 Å². The van der Waals surface area contributed by atoms with Crippen molar-refractivity contribution >= 4 is 9.84 Å². The molecule has 2 N–H and O–H groups in total. The molecule has 0 amide bonds. The molecular formula is C13H27NO2S. The number of rotatable bonds is 5. The first-order valence-electron chi connectivity index (χ1n) is 6.61. The molecule has 0 bridgehead atoms. The summed E-state index contributed by atoms with van der Waals surface area (Å²) in [7, 11) is -2.81. The zero-order valence-electron chi connectivity index (χ0n) is 11.4. The Balaban J connectivity index is 2.47. The average Bonchev–Trinajstić information content (AvgIpc) is 2.15. The molecule has 0 radical (unpaired) electrons. The molecule has 4 heteroatoms. The minimum Gasteiger partial charge on any atom is -0.330 e. The van der Waals surface area contributed by atoms with E-state index in [9.17, 15) is 8.42 Å². The second-order valence-electron chi connectivity index (χ2n) is 6.43. The SMILES string of the molecule is CC1(C)CCC(CN)C(CCCS(C)(=O)=O)C1. The van der Waals surface area contributed by atoms with Gasteiger partial charge in [-0.25, -0.2) is 8.42 Å². The van der Waals surface area contributed by atoms with Crippen molar-refractivity contribution in [1.82, 2.24) is 0 Å². The van der Waals surface area contributed by atoms with Crippen molar-refractivity contribution in [1.29, 1.82) is 0 Å². The van der Waals surface area contributed by atoms with Gasteiger partial charge in [0.15, 0.2) is 0 Å². The molecule has 0 aromatic rings. The minimum atomic E-state index is -2.81. The summed E-state index contributed by atoms with van der Waals surface area (Å²) in [6.07, 6.45) is 6.76. The van der Waals surface area contributed by atoms with Crippen LogP contribution in [0.25, 0.3) is 0 Å². The average molecular weight is 261 g/mol. The van der Waals surface area contributed by atoms with Crippen molar-refractivity contribution in [2.75, 3.05) is 18.6 Å². The van der Waals surface area contributed by atoms with Crippen LogP contribution in [0.3, 0.4) is 0 Å². The molecule has 1 rings (SSSR count). The zero-order valence-corrected chi connectivity index (χ0v) is 12.2. The predicted molar refractivity (Wildman–Crippen MR) is 72.6 cm³/mol. The van der Waals surface area contributed by atoms with E-state index in [1.54, 1.807) is 0 Å². The summed E-state index contributed by atoms with van der Waals surface area (Å²) in [6.45, 7) is 5.37. The minimum absolute atomic E-state index is 0.321. The molecule has 102 valence electrons. The van der Waals surface area contributed by atoms with E-state index < -0.39 is 9.84 Å². The van der Waals surface area contributed by atoms with Gasteiger partial charge in [0.25, 0.3) is 0 Å². The first kappa shape index (κ1) is 15.0. The Bertz CT molecular complexity index is 335. The Morgan fingerprint density at radius 3 is 2.47 bits per heavy atom. The smallest absolute Gasteiger partial charge is 0.147 e. The lowest BCUT2D eigenvalue weighted by molar-refractivity contribution is 0.115. The molecule has 0 aromatic heterocycles. The Hall–Kier alpha value is -0.0900. The van der Waals surface area contributed by atoms with E-state index in [1.807, 2.05) is 0 Å². The summed E-state index contributed by atoms with van der Waals surface area (Å²) in [6, 6.07) is 0. The van der Waals surface area contributed by atoms with E-state index in [4.69, 9.17) is 5.73 Å². The van der Waals surface area contributed by atoms with Gasteiger partial charge in [0, 0.05) is 12.0 Å². The fourth-order valence-corrected chi connectivity index (χ4v) is 3.74. The molecule has 1 aliphatic rings. The van der Waals surface area contributed by atoms with Crippen LogP contribution in [0.4, 0.5) is 0 Å². The molecular weight excluding hydrogens is 234 g/mol. The highest BCUT2D eigenvalue weighted by Crippen LogP contribution is 2.43.